The third-order valence-electron chi connectivity index (χ3n) is 4.32. The van der Waals surface area contributed by atoms with Crippen LogP contribution < -0.4 is 10.9 Å². The lowest BCUT2D eigenvalue weighted by Crippen LogP contribution is -2.48. The third kappa shape index (κ3) is 4.94. The monoisotopic (exact) mass is 436 g/mol. The number of aliphatic hydroxyl groups excluding tert-OH is 1. The van der Waals surface area contributed by atoms with Crippen LogP contribution in [0.5, 0.6) is 0 Å². The predicted octanol–water partition coefficient (Wildman–Crippen LogP) is 2.42. The second kappa shape index (κ2) is 9.47. The Morgan fingerprint density at radius 3 is 2.42 bits per heavy atom. The molecule has 0 saturated heterocycles. The molecule has 7 nitrogen and oxygen atoms in total. The molecule has 2 heterocycles. The van der Waals surface area contributed by atoms with Gasteiger partial charge in [-0.15, -0.1) is 0 Å². The summed E-state index contributed by atoms with van der Waals surface area (Å²) in [5.74, 6) is -1.33. The van der Waals surface area contributed by atoms with Crippen LogP contribution in [0.4, 0.5) is 17.6 Å². The molecule has 1 aromatic carbocycles. The van der Waals surface area contributed by atoms with Crippen molar-refractivity contribution in [1.82, 2.24) is 20.1 Å². The number of pyridine rings is 1. The van der Waals surface area contributed by atoms with Gasteiger partial charge in [0.15, 0.2) is 0 Å². The number of alkyl halides is 4. The summed E-state index contributed by atoms with van der Waals surface area (Å²) >= 11 is 0. The summed E-state index contributed by atoms with van der Waals surface area (Å²) in [5, 5.41) is 14.7. The van der Waals surface area contributed by atoms with Crippen LogP contribution in [-0.2, 0) is 6.67 Å². The van der Waals surface area contributed by atoms with Gasteiger partial charge in [-0.05, 0) is 23.8 Å². The number of nitrogens with one attached hydrogen (secondary N) is 1. The van der Waals surface area contributed by atoms with Gasteiger partial charge in [-0.2, -0.15) is 9.78 Å². The SMILES string of the molecule is O=C(N[C@H](C(O)F)C(F)F)c1cc(-c2ccc(CF)cc2)nn(-c2cccnc2)c1=O. The van der Waals surface area contributed by atoms with E-state index in [0.29, 0.717) is 11.1 Å². The topological polar surface area (TPSA) is 97.1 Å². The highest BCUT2D eigenvalue weighted by Gasteiger charge is 2.31. The molecule has 2 atom stereocenters. The molecule has 2 N–H and O–H groups in total. The van der Waals surface area contributed by atoms with Gasteiger partial charge in [0.2, 0.25) is 6.36 Å². The van der Waals surface area contributed by atoms with Crippen molar-refractivity contribution >= 4 is 5.91 Å². The van der Waals surface area contributed by atoms with Crippen LogP contribution in [0.1, 0.15) is 15.9 Å². The number of carbonyl (C=O) groups excluding carboxylic acids is 1. The number of carbonyl (C=O) groups is 1. The van der Waals surface area contributed by atoms with E-state index in [1.165, 1.54) is 48.8 Å². The van der Waals surface area contributed by atoms with E-state index < -0.39 is 42.5 Å². The Morgan fingerprint density at radius 1 is 1.16 bits per heavy atom. The quantitative estimate of drug-likeness (QED) is 0.555. The smallest absolute Gasteiger partial charge is 0.284 e. The Morgan fingerprint density at radius 2 is 1.87 bits per heavy atom. The first-order valence-electron chi connectivity index (χ1n) is 8.93. The van der Waals surface area contributed by atoms with Crippen LogP contribution in [0.3, 0.4) is 0 Å². The standard InChI is InChI=1S/C20H16F4N4O3/c21-9-11-3-5-12(6-4-11)15-8-14(19(30)26-16(17(22)23)18(24)29)20(31)28(27-15)13-2-1-7-25-10-13/h1-8,10,16-18,29H,9H2,(H,26,30)/t16-,18?/m0/s1. The average molecular weight is 436 g/mol. The Hall–Kier alpha value is -3.60. The second-order valence-electron chi connectivity index (χ2n) is 6.41. The molecule has 0 radical (unpaired) electrons. The Bertz CT molecular complexity index is 1100. The average Bonchev–Trinajstić information content (AvgIpc) is 2.77. The van der Waals surface area contributed by atoms with Crippen LogP contribution >= 0.6 is 0 Å². The molecule has 0 spiro atoms. The Kier molecular flexibility index (Phi) is 6.75. The zero-order valence-corrected chi connectivity index (χ0v) is 15.8. The molecule has 3 rings (SSSR count). The Balaban J connectivity index is 2.13. The minimum Gasteiger partial charge on any atom is -0.362 e. The van der Waals surface area contributed by atoms with Gasteiger partial charge in [0.1, 0.15) is 18.3 Å². The van der Waals surface area contributed by atoms with E-state index in [2.05, 4.69) is 10.1 Å². The van der Waals surface area contributed by atoms with Gasteiger partial charge in [0, 0.05) is 11.8 Å². The number of rotatable bonds is 7. The summed E-state index contributed by atoms with van der Waals surface area (Å²) in [6, 6.07) is 7.46. The maximum atomic E-state index is 13.1. The number of hydrogen-bond acceptors (Lipinski definition) is 5. The summed E-state index contributed by atoms with van der Waals surface area (Å²) in [6.45, 7) is -0.697. The highest BCUT2D eigenvalue weighted by Crippen LogP contribution is 2.19. The number of aromatic nitrogens is 3. The molecule has 1 unspecified atom stereocenters. The summed E-state index contributed by atoms with van der Waals surface area (Å²) in [5.41, 5.74) is -0.530. The van der Waals surface area contributed by atoms with Gasteiger partial charge in [0.25, 0.3) is 17.9 Å². The van der Waals surface area contributed by atoms with Crippen molar-refractivity contribution in [2.24, 2.45) is 0 Å². The van der Waals surface area contributed by atoms with E-state index in [-0.39, 0.29) is 11.4 Å². The molecule has 1 amide bonds. The van der Waals surface area contributed by atoms with E-state index >= 15 is 0 Å². The van der Waals surface area contributed by atoms with Crippen LogP contribution in [0.15, 0.2) is 59.7 Å². The number of amides is 1. The van der Waals surface area contributed by atoms with Crippen molar-refractivity contribution < 1.29 is 27.5 Å². The molecule has 162 valence electrons. The van der Waals surface area contributed by atoms with Crippen LogP contribution in [0, 0.1) is 0 Å². The highest BCUT2D eigenvalue weighted by molar-refractivity contribution is 5.95. The predicted molar refractivity (Wildman–Crippen MR) is 102 cm³/mol. The first-order valence-corrected chi connectivity index (χ1v) is 8.93. The number of halogens is 4. The van der Waals surface area contributed by atoms with Gasteiger partial charge < -0.3 is 10.4 Å². The molecule has 0 aliphatic rings. The van der Waals surface area contributed by atoms with E-state index in [4.69, 9.17) is 5.11 Å². The lowest BCUT2D eigenvalue weighted by atomic mass is 10.1. The van der Waals surface area contributed by atoms with E-state index in [0.717, 1.165) is 10.7 Å². The van der Waals surface area contributed by atoms with Crippen molar-refractivity contribution in [2.75, 3.05) is 0 Å². The summed E-state index contributed by atoms with van der Waals surface area (Å²) in [6.07, 6.45) is -3.73. The second-order valence-corrected chi connectivity index (χ2v) is 6.41. The van der Waals surface area contributed by atoms with Crippen molar-refractivity contribution in [1.29, 1.82) is 0 Å². The van der Waals surface area contributed by atoms with E-state index in [1.807, 2.05) is 0 Å². The number of aliphatic hydroxyl groups is 1. The van der Waals surface area contributed by atoms with Crippen molar-refractivity contribution in [3.05, 3.63) is 76.3 Å². The first kappa shape index (κ1) is 22.1. The normalized spacial score (nSPS) is 13.1. The van der Waals surface area contributed by atoms with Crippen molar-refractivity contribution in [2.45, 2.75) is 25.5 Å². The molecule has 3 aromatic rings. The molecule has 0 aliphatic heterocycles. The number of hydrogen-bond donors (Lipinski definition) is 2. The van der Waals surface area contributed by atoms with Crippen LogP contribution in [-0.4, -0.2) is 44.6 Å². The molecule has 0 aliphatic carbocycles. The number of nitrogens with zero attached hydrogens (tertiary/aromatic N) is 3. The molecule has 0 fully saturated rings. The van der Waals surface area contributed by atoms with E-state index in [1.54, 1.807) is 5.32 Å². The fourth-order valence-corrected chi connectivity index (χ4v) is 2.70. The van der Waals surface area contributed by atoms with Gasteiger partial charge >= 0.3 is 0 Å². The molecular formula is C20H16F4N4O3. The minimum absolute atomic E-state index is 0.0911. The summed E-state index contributed by atoms with van der Waals surface area (Å²) < 4.78 is 52.6. The summed E-state index contributed by atoms with van der Waals surface area (Å²) in [4.78, 5) is 29.2. The van der Waals surface area contributed by atoms with Gasteiger partial charge in [-0.25, -0.2) is 17.6 Å². The Labute approximate surface area is 173 Å². The first-order chi connectivity index (χ1) is 14.8. The van der Waals surface area contributed by atoms with Crippen molar-refractivity contribution in [3.8, 4) is 16.9 Å². The highest BCUT2D eigenvalue weighted by atomic mass is 19.3. The maximum absolute atomic E-state index is 13.1. The van der Waals surface area contributed by atoms with Gasteiger partial charge in [-0.1, -0.05) is 24.3 Å². The van der Waals surface area contributed by atoms with Gasteiger partial charge in [0.05, 0.1) is 17.6 Å². The molecule has 0 saturated carbocycles. The molecule has 0 bridgehead atoms. The zero-order valence-electron chi connectivity index (χ0n) is 15.8. The molecular weight excluding hydrogens is 420 g/mol. The van der Waals surface area contributed by atoms with Crippen LogP contribution in [0.25, 0.3) is 16.9 Å². The van der Waals surface area contributed by atoms with Crippen molar-refractivity contribution in [3.63, 3.8) is 0 Å². The van der Waals surface area contributed by atoms with Crippen LogP contribution in [0.2, 0.25) is 0 Å². The minimum atomic E-state index is -3.42. The van der Waals surface area contributed by atoms with E-state index in [9.17, 15) is 27.2 Å². The summed E-state index contributed by atoms with van der Waals surface area (Å²) in [7, 11) is 0. The molecule has 2 aromatic heterocycles. The zero-order chi connectivity index (χ0) is 22.5. The third-order valence-corrected chi connectivity index (χ3v) is 4.32. The lowest BCUT2D eigenvalue weighted by Gasteiger charge is -2.18. The number of benzene rings is 1. The largest absolute Gasteiger partial charge is 0.362 e. The fraction of sp³-hybridized carbons (Fsp3) is 0.200. The van der Waals surface area contributed by atoms with Gasteiger partial charge in [-0.3, -0.25) is 14.6 Å². The lowest BCUT2D eigenvalue weighted by molar-refractivity contribution is -0.0481. The maximum Gasteiger partial charge on any atom is 0.284 e. The molecule has 31 heavy (non-hydrogen) atoms. The fourth-order valence-electron chi connectivity index (χ4n) is 2.70. The molecule has 11 heteroatoms.